The quantitative estimate of drug-likeness (QED) is 0.755. The number of aromatic nitrogens is 4. The van der Waals surface area contributed by atoms with Gasteiger partial charge in [0.15, 0.2) is 0 Å². The van der Waals surface area contributed by atoms with E-state index in [1.165, 1.54) is 23.6 Å². The molecule has 0 amide bonds. The predicted molar refractivity (Wildman–Crippen MR) is 116 cm³/mol. The normalized spacial score (nSPS) is 19.7. The Morgan fingerprint density at radius 2 is 2.07 bits per heavy atom. The number of hydrogen-bond donors (Lipinski definition) is 1. The van der Waals surface area contributed by atoms with Crippen LogP contribution in [-0.4, -0.2) is 55.9 Å². The van der Waals surface area contributed by atoms with E-state index < -0.39 is 0 Å². The molecule has 2 aliphatic heterocycles. The van der Waals surface area contributed by atoms with Crippen molar-refractivity contribution in [1.82, 2.24) is 24.5 Å². The highest BCUT2D eigenvalue weighted by Crippen LogP contribution is 2.21. The van der Waals surface area contributed by atoms with E-state index in [0.717, 1.165) is 55.2 Å². The van der Waals surface area contributed by atoms with Crippen molar-refractivity contribution in [3.8, 4) is 0 Å². The molecule has 2 aliphatic rings. The number of piperidine rings is 1. The van der Waals surface area contributed by atoms with Gasteiger partial charge in [-0.05, 0) is 36.8 Å². The minimum atomic E-state index is -0.114. The molecule has 1 fully saturated rings. The van der Waals surface area contributed by atoms with Crippen LogP contribution < -0.4 is 16.4 Å². The van der Waals surface area contributed by atoms with E-state index in [1.807, 2.05) is 11.8 Å². The van der Waals surface area contributed by atoms with Gasteiger partial charge in [0.05, 0.1) is 12.2 Å². The molecule has 0 aromatic carbocycles. The third kappa shape index (κ3) is 4.90. The summed E-state index contributed by atoms with van der Waals surface area (Å²) >= 11 is 1.87. The number of nitrogens with one attached hydrogen (secondary N) is 1. The first-order valence-corrected chi connectivity index (χ1v) is 11.5. The predicted octanol–water partition coefficient (Wildman–Crippen LogP) is 1.09. The van der Waals surface area contributed by atoms with Gasteiger partial charge < -0.3 is 5.32 Å². The van der Waals surface area contributed by atoms with Crippen LogP contribution in [0.2, 0.25) is 0 Å². The van der Waals surface area contributed by atoms with Gasteiger partial charge in [-0.25, -0.2) is 9.36 Å². The monoisotopic (exact) mass is 416 g/mol. The van der Waals surface area contributed by atoms with Crippen molar-refractivity contribution in [2.75, 3.05) is 30.7 Å². The molecule has 0 aliphatic carbocycles. The molecule has 0 radical (unpaired) electrons. The maximum Gasteiger partial charge on any atom is 0.267 e. The average Bonchev–Trinajstić information content (AvgIpc) is 2.73. The largest absolute Gasteiger partial charge is 0.367 e. The minimum Gasteiger partial charge on any atom is -0.367 e. The Morgan fingerprint density at radius 3 is 2.93 bits per heavy atom. The van der Waals surface area contributed by atoms with Crippen molar-refractivity contribution in [1.29, 1.82) is 0 Å². The van der Waals surface area contributed by atoms with Crippen LogP contribution in [0.4, 0.5) is 5.82 Å². The number of hydrogen-bond acceptors (Lipinski definition) is 7. The van der Waals surface area contributed by atoms with Crippen LogP contribution in [-0.2, 0) is 25.8 Å². The lowest BCUT2D eigenvalue weighted by atomic mass is 10.0. The smallest absolute Gasteiger partial charge is 0.267 e. The van der Waals surface area contributed by atoms with Crippen LogP contribution in [0, 0.1) is 0 Å². The molecular weight excluding hydrogens is 388 g/mol. The van der Waals surface area contributed by atoms with E-state index in [1.54, 1.807) is 23.9 Å². The van der Waals surface area contributed by atoms with Crippen molar-refractivity contribution in [2.45, 2.75) is 44.0 Å². The van der Waals surface area contributed by atoms with Crippen molar-refractivity contribution in [2.24, 2.45) is 7.05 Å². The first-order valence-electron chi connectivity index (χ1n) is 10.3. The van der Waals surface area contributed by atoms with Crippen molar-refractivity contribution < 1.29 is 0 Å². The van der Waals surface area contributed by atoms with E-state index in [2.05, 4.69) is 20.4 Å². The molecule has 9 heteroatoms. The highest BCUT2D eigenvalue weighted by molar-refractivity contribution is 7.98. The SMILES string of the molecule is Cn1nc(NCC2CCCCN2CCn2nc3c(cc2=O)CSCC3)ccc1=O. The lowest BCUT2D eigenvalue weighted by molar-refractivity contribution is 0.147. The summed E-state index contributed by atoms with van der Waals surface area (Å²) in [5, 5.41) is 12.2. The summed E-state index contributed by atoms with van der Waals surface area (Å²) in [5.41, 5.74) is 2.08. The van der Waals surface area contributed by atoms with Gasteiger partial charge in [-0.1, -0.05) is 6.42 Å². The Bertz CT molecular complexity index is 972. The fraction of sp³-hybridized carbons (Fsp3) is 0.600. The average molecular weight is 417 g/mol. The number of nitrogens with zero attached hydrogens (tertiary/aromatic N) is 5. The van der Waals surface area contributed by atoms with Crippen LogP contribution in [0.3, 0.4) is 0 Å². The maximum absolute atomic E-state index is 12.4. The molecule has 1 atom stereocenters. The molecule has 0 saturated carbocycles. The number of thioether (sulfide) groups is 1. The van der Waals surface area contributed by atoms with E-state index in [4.69, 9.17) is 0 Å². The first-order chi connectivity index (χ1) is 14.1. The Kier molecular flexibility index (Phi) is 6.34. The fourth-order valence-corrected chi connectivity index (χ4v) is 4.99. The second kappa shape index (κ2) is 9.13. The van der Waals surface area contributed by atoms with Crippen molar-refractivity contribution in [3.63, 3.8) is 0 Å². The van der Waals surface area contributed by atoms with Gasteiger partial charge in [0.2, 0.25) is 0 Å². The van der Waals surface area contributed by atoms with Crippen LogP contribution >= 0.6 is 11.8 Å². The lowest BCUT2D eigenvalue weighted by Crippen LogP contribution is -2.46. The highest BCUT2D eigenvalue weighted by Gasteiger charge is 2.23. The molecule has 4 rings (SSSR count). The Morgan fingerprint density at radius 1 is 1.17 bits per heavy atom. The zero-order valence-electron chi connectivity index (χ0n) is 16.8. The lowest BCUT2D eigenvalue weighted by Gasteiger charge is -2.36. The second-order valence-corrected chi connectivity index (χ2v) is 8.83. The number of fused-ring (bicyclic) bond motifs is 1. The summed E-state index contributed by atoms with van der Waals surface area (Å²) in [6.07, 6.45) is 4.45. The standard InChI is InChI=1S/C20H28N6O2S/c1-24-19(27)6-5-18(23-24)21-13-16-4-2-3-8-25(16)9-10-26-20(28)12-15-14-29-11-7-17(15)22-26/h5-6,12,16H,2-4,7-11,13-14H2,1H3,(H,21,23). The molecule has 1 N–H and O–H groups in total. The maximum atomic E-state index is 12.4. The zero-order chi connectivity index (χ0) is 20.2. The van der Waals surface area contributed by atoms with E-state index >= 15 is 0 Å². The molecule has 2 aromatic rings. The topological polar surface area (TPSA) is 85.1 Å². The van der Waals surface area contributed by atoms with Crippen molar-refractivity contribution in [3.05, 3.63) is 50.2 Å². The zero-order valence-corrected chi connectivity index (χ0v) is 17.7. The van der Waals surface area contributed by atoms with Gasteiger partial charge in [-0.15, -0.1) is 0 Å². The van der Waals surface area contributed by atoms with E-state index in [9.17, 15) is 9.59 Å². The van der Waals surface area contributed by atoms with Gasteiger partial charge in [0.25, 0.3) is 11.1 Å². The molecule has 156 valence electrons. The Hall–Kier alpha value is -2.13. The van der Waals surface area contributed by atoms with Gasteiger partial charge >= 0.3 is 0 Å². The minimum absolute atomic E-state index is 0.00679. The second-order valence-electron chi connectivity index (χ2n) is 7.73. The summed E-state index contributed by atoms with van der Waals surface area (Å²) in [5.74, 6) is 2.69. The highest BCUT2D eigenvalue weighted by atomic mass is 32.2. The van der Waals surface area contributed by atoms with Gasteiger partial charge in [-0.2, -0.15) is 22.0 Å². The van der Waals surface area contributed by atoms with Gasteiger partial charge in [0, 0.05) is 50.5 Å². The summed E-state index contributed by atoms with van der Waals surface area (Å²) < 4.78 is 2.98. The molecule has 0 spiro atoms. The molecular formula is C20H28N6O2S. The number of anilines is 1. The molecule has 1 saturated heterocycles. The number of likely N-dealkylation sites (tertiary alicyclic amines) is 1. The summed E-state index contributed by atoms with van der Waals surface area (Å²) in [6.45, 7) is 3.24. The molecule has 2 aromatic heterocycles. The molecule has 1 unspecified atom stereocenters. The summed E-state index contributed by atoms with van der Waals surface area (Å²) in [6, 6.07) is 5.41. The van der Waals surface area contributed by atoms with Gasteiger partial charge in [0.1, 0.15) is 5.82 Å². The Balaban J connectivity index is 1.38. The van der Waals surface area contributed by atoms with E-state index in [0.29, 0.717) is 18.4 Å². The number of rotatable bonds is 6. The molecule has 29 heavy (non-hydrogen) atoms. The van der Waals surface area contributed by atoms with Crippen LogP contribution in [0.15, 0.2) is 27.8 Å². The van der Waals surface area contributed by atoms with Crippen LogP contribution in [0.25, 0.3) is 0 Å². The van der Waals surface area contributed by atoms with Crippen molar-refractivity contribution >= 4 is 17.6 Å². The Labute approximate surface area is 174 Å². The number of aryl methyl sites for hydroxylation is 2. The first kappa shape index (κ1) is 20.2. The molecule has 0 bridgehead atoms. The van der Waals surface area contributed by atoms with Crippen LogP contribution in [0.5, 0.6) is 0 Å². The third-order valence-corrected chi connectivity index (χ3v) is 6.74. The fourth-order valence-electron chi connectivity index (χ4n) is 4.04. The molecule has 8 nitrogen and oxygen atoms in total. The summed E-state index contributed by atoms with van der Waals surface area (Å²) in [4.78, 5) is 26.4. The van der Waals surface area contributed by atoms with E-state index in [-0.39, 0.29) is 11.1 Å². The molecule has 4 heterocycles. The van der Waals surface area contributed by atoms with Crippen LogP contribution in [0.1, 0.15) is 30.5 Å². The van der Waals surface area contributed by atoms with Gasteiger partial charge in [-0.3, -0.25) is 14.5 Å². The summed E-state index contributed by atoms with van der Waals surface area (Å²) in [7, 11) is 1.66. The third-order valence-electron chi connectivity index (χ3n) is 5.73.